The average Bonchev–Trinajstić information content (AvgIpc) is 3.02. The Balaban J connectivity index is 1.83. The number of carboxylic acid groups (broad SMARTS) is 1. The molecule has 1 aromatic rings. The van der Waals surface area contributed by atoms with Gasteiger partial charge in [0.2, 0.25) is 0 Å². The van der Waals surface area contributed by atoms with Gasteiger partial charge in [0.25, 0.3) is 0 Å². The van der Waals surface area contributed by atoms with Crippen LogP contribution in [0.5, 0.6) is 0 Å². The monoisotopic (exact) mass is 377 g/mol. The molecule has 0 saturated heterocycles. The highest BCUT2D eigenvalue weighted by molar-refractivity contribution is 5.89. The second kappa shape index (κ2) is 15.8. The molecule has 1 aromatic heterocycles. The predicted octanol–water partition coefficient (Wildman–Crippen LogP) is 7.76. The summed E-state index contributed by atoms with van der Waals surface area (Å²) in [4.78, 5) is 11.0. The minimum atomic E-state index is -0.821. The van der Waals surface area contributed by atoms with E-state index in [2.05, 4.69) is 6.92 Å². The zero-order chi connectivity index (χ0) is 19.7. The van der Waals surface area contributed by atoms with Crippen LogP contribution in [0.4, 0.5) is 0 Å². The summed E-state index contributed by atoms with van der Waals surface area (Å²) in [5.41, 5.74) is 1.30. The topological polar surface area (TPSA) is 42.2 Å². The van der Waals surface area contributed by atoms with Gasteiger partial charge < -0.3 is 9.67 Å². The number of nitrogens with zero attached hydrogens (tertiary/aromatic N) is 1. The predicted molar refractivity (Wildman–Crippen MR) is 116 cm³/mol. The third-order valence-corrected chi connectivity index (χ3v) is 5.58. The first-order valence-corrected chi connectivity index (χ1v) is 11.5. The van der Waals surface area contributed by atoms with E-state index in [1.54, 1.807) is 6.20 Å². The zero-order valence-corrected chi connectivity index (χ0v) is 18.0. The van der Waals surface area contributed by atoms with Gasteiger partial charge in [0.05, 0.1) is 5.56 Å². The van der Waals surface area contributed by atoms with Crippen molar-refractivity contribution in [1.82, 2.24) is 4.57 Å². The third kappa shape index (κ3) is 11.9. The number of aryl methyl sites for hydroxylation is 2. The fraction of sp³-hybridized carbons (Fsp3) is 0.792. The molecule has 27 heavy (non-hydrogen) atoms. The Labute approximate surface area is 167 Å². The molecule has 0 radical (unpaired) electrons. The Morgan fingerprint density at radius 3 is 1.52 bits per heavy atom. The van der Waals surface area contributed by atoms with E-state index >= 15 is 0 Å². The molecule has 1 rings (SSSR count). The van der Waals surface area contributed by atoms with Crippen molar-refractivity contribution in [2.45, 2.75) is 123 Å². The van der Waals surface area contributed by atoms with Crippen molar-refractivity contribution in [2.24, 2.45) is 0 Å². The molecule has 0 unspecified atom stereocenters. The van der Waals surface area contributed by atoms with E-state index in [0.717, 1.165) is 18.5 Å². The molecule has 0 saturated carbocycles. The number of unbranched alkanes of at least 4 members (excludes halogenated alkanes) is 15. The first-order chi connectivity index (χ1) is 13.1. The van der Waals surface area contributed by atoms with E-state index in [1.165, 1.54) is 96.3 Å². The lowest BCUT2D eigenvalue weighted by Gasteiger charge is -2.04. The van der Waals surface area contributed by atoms with Gasteiger partial charge >= 0.3 is 5.97 Å². The van der Waals surface area contributed by atoms with Crippen molar-refractivity contribution >= 4 is 5.97 Å². The second-order valence-electron chi connectivity index (χ2n) is 8.20. The molecule has 0 aliphatic rings. The number of aromatic carboxylic acids is 1. The van der Waals surface area contributed by atoms with Crippen molar-refractivity contribution in [3.63, 3.8) is 0 Å². The summed E-state index contributed by atoms with van der Waals surface area (Å²) in [6, 6.07) is 0. The number of aromatic nitrogens is 1. The van der Waals surface area contributed by atoms with Crippen molar-refractivity contribution in [2.75, 3.05) is 0 Å². The van der Waals surface area contributed by atoms with E-state index in [-0.39, 0.29) is 0 Å². The molecule has 1 heterocycles. The lowest BCUT2D eigenvalue weighted by molar-refractivity contribution is 0.0696. The van der Waals surface area contributed by atoms with Crippen LogP contribution in [0.3, 0.4) is 0 Å². The van der Waals surface area contributed by atoms with Gasteiger partial charge in [0, 0.05) is 18.9 Å². The molecule has 0 bridgehead atoms. The Morgan fingerprint density at radius 1 is 0.741 bits per heavy atom. The molecular formula is C24H43NO2. The van der Waals surface area contributed by atoms with Crippen LogP contribution in [-0.4, -0.2) is 15.6 Å². The lowest BCUT2D eigenvalue weighted by atomic mass is 10.0. The van der Waals surface area contributed by atoms with E-state index < -0.39 is 5.97 Å². The largest absolute Gasteiger partial charge is 0.478 e. The van der Waals surface area contributed by atoms with Crippen molar-refractivity contribution in [1.29, 1.82) is 0 Å². The molecule has 0 aromatic carbocycles. The molecule has 0 spiro atoms. The fourth-order valence-corrected chi connectivity index (χ4v) is 3.82. The number of rotatable bonds is 18. The summed E-state index contributed by atoms with van der Waals surface area (Å²) in [7, 11) is 0. The Bertz CT molecular complexity index is 493. The smallest absolute Gasteiger partial charge is 0.337 e. The summed E-state index contributed by atoms with van der Waals surface area (Å²) in [5, 5.41) is 9.08. The zero-order valence-electron chi connectivity index (χ0n) is 18.0. The van der Waals surface area contributed by atoms with Gasteiger partial charge in [-0.1, -0.05) is 103 Å². The quantitative estimate of drug-likeness (QED) is 0.266. The van der Waals surface area contributed by atoms with Crippen LogP contribution in [0.2, 0.25) is 0 Å². The van der Waals surface area contributed by atoms with Crippen LogP contribution in [0, 0.1) is 6.92 Å². The number of carbonyl (C=O) groups is 1. The molecule has 0 aliphatic heterocycles. The van der Waals surface area contributed by atoms with E-state index in [4.69, 9.17) is 5.11 Å². The van der Waals surface area contributed by atoms with Crippen LogP contribution < -0.4 is 0 Å². The Kier molecular flexibility index (Phi) is 13.9. The molecule has 3 heteroatoms. The maximum atomic E-state index is 11.0. The summed E-state index contributed by atoms with van der Waals surface area (Å²) in [6.45, 7) is 5.09. The molecule has 156 valence electrons. The summed E-state index contributed by atoms with van der Waals surface area (Å²) in [6.07, 6.45) is 25.8. The number of hydrogen-bond donors (Lipinski definition) is 1. The standard InChI is InChI=1S/C24H43NO2/c1-3-4-5-6-7-8-9-10-11-12-13-14-15-16-17-18-19-25-20-22(2)23(21-25)24(26)27/h20-21H,3-19H2,1-2H3,(H,26,27). The molecule has 0 amide bonds. The van der Waals surface area contributed by atoms with Gasteiger partial charge in [-0.25, -0.2) is 4.79 Å². The van der Waals surface area contributed by atoms with Crippen LogP contribution in [-0.2, 0) is 6.54 Å². The van der Waals surface area contributed by atoms with Crippen LogP contribution in [0.25, 0.3) is 0 Å². The highest BCUT2D eigenvalue weighted by Crippen LogP contribution is 2.14. The van der Waals surface area contributed by atoms with Crippen LogP contribution in [0.1, 0.15) is 126 Å². The molecule has 3 nitrogen and oxygen atoms in total. The van der Waals surface area contributed by atoms with E-state index in [1.807, 2.05) is 17.7 Å². The van der Waals surface area contributed by atoms with Gasteiger partial charge in [-0.15, -0.1) is 0 Å². The fourth-order valence-electron chi connectivity index (χ4n) is 3.82. The average molecular weight is 378 g/mol. The molecule has 0 atom stereocenters. The van der Waals surface area contributed by atoms with Gasteiger partial charge in [-0.3, -0.25) is 0 Å². The summed E-state index contributed by atoms with van der Waals surface area (Å²) in [5.74, 6) is -0.821. The van der Waals surface area contributed by atoms with Gasteiger partial charge in [-0.05, 0) is 18.9 Å². The van der Waals surface area contributed by atoms with Gasteiger partial charge in [-0.2, -0.15) is 0 Å². The first-order valence-electron chi connectivity index (χ1n) is 11.5. The number of hydrogen-bond acceptors (Lipinski definition) is 1. The Morgan fingerprint density at radius 2 is 1.15 bits per heavy atom. The second-order valence-corrected chi connectivity index (χ2v) is 8.20. The summed E-state index contributed by atoms with van der Waals surface area (Å²) < 4.78 is 2.03. The molecule has 0 aliphatic carbocycles. The normalized spacial score (nSPS) is 11.2. The summed E-state index contributed by atoms with van der Waals surface area (Å²) >= 11 is 0. The first kappa shape index (κ1) is 23.8. The SMILES string of the molecule is CCCCCCCCCCCCCCCCCCn1cc(C)c(C(=O)O)c1. The maximum absolute atomic E-state index is 11.0. The van der Waals surface area contributed by atoms with E-state index in [9.17, 15) is 4.79 Å². The van der Waals surface area contributed by atoms with Crippen LogP contribution >= 0.6 is 0 Å². The Hall–Kier alpha value is -1.25. The third-order valence-electron chi connectivity index (χ3n) is 5.58. The minimum absolute atomic E-state index is 0.437. The molecular weight excluding hydrogens is 334 g/mol. The lowest BCUT2D eigenvalue weighted by Crippen LogP contribution is -1.97. The molecule has 0 fully saturated rings. The van der Waals surface area contributed by atoms with Crippen LogP contribution in [0.15, 0.2) is 12.4 Å². The van der Waals surface area contributed by atoms with Crippen molar-refractivity contribution in [3.05, 3.63) is 23.5 Å². The number of carboxylic acids is 1. The maximum Gasteiger partial charge on any atom is 0.337 e. The van der Waals surface area contributed by atoms with E-state index in [0.29, 0.717) is 5.56 Å². The van der Waals surface area contributed by atoms with Crippen molar-refractivity contribution in [3.8, 4) is 0 Å². The van der Waals surface area contributed by atoms with Crippen molar-refractivity contribution < 1.29 is 9.90 Å². The minimum Gasteiger partial charge on any atom is -0.478 e. The highest BCUT2D eigenvalue weighted by Gasteiger charge is 2.09. The van der Waals surface area contributed by atoms with Gasteiger partial charge in [0.15, 0.2) is 0 Å². The van der Waals surface area contributed by atoms with Gasteiger partial charge in [0.1, 0.15) is 0 Å². The highest BCUT2D eigenvalue weighted by atomic mass is 16.4. The molecule has 1 N–H and O–H groups in total.